The van der Waals surface area contributed by atoms with Gasteiger partial charge in [-0.15, -0.1) is 0 Å². The Morgan fingerprint density at radius 2 is 2.08 bits per heavy atom. The van der Waals surface area contributed by atoms with Crippen molar-refractivity contribution in [2.24, 2.45) is 0 Å². The summed E-state index contributed by atoms with van der Waals surface area (Å²) in [5.74, 6) is 0. The number of rotatable bonds is 4. The fraction of sp³-hybridized carbons (Fsp3) is 0.273. The molecule has 2 nitrogen and oxygen atoms in total. The van der Waals surface area contributed by atoms with Crippen molar-refractivity contribution in [1.29, 1.82) is 0 Å². The van der Waals surface area contributed by atoms with Crippen LogP contribution in [0.4, 0.5) is 0 Å². The molecule has 0 amide bonds. The fourth-order valence-electron chi connectivity index (χ4n) is 1.13. The van der Waals surface area contributed by atoms with Gasteiger partial charge in [-0.1, -0.05) is 36.9 Å². The molecular weight excluding hydrogens is 162 g/mol. The molecule has 0 aliphatic carbocycles. The maximum atomic E-state index is 9.73. The molecule has 0 radical (unpaired) electrons. The van der Waals surface area contributed by atoms with E-state index in [0.717, 1.165) is 5.56 Å². The van der Waals surface area contributed by atoms with E-state index >= 15 is 0 Å². The molecule has 1 aromatic rings. The van der Waals surface area contributed by atoms with E-state index in [0.29, 0.717) is 6.54 Å². The predicted molar refractivity (Wildman–Crippen MR) is 54.2 cm³/mol. The average Bonchev–Trinajstić information content (AvgIpc) is 2.19. The number of hydrogen-bond acceptors (Lipinski definition) is 2. The van der Waals surface area contributed by atoms with Crippen molar-refractivity contribution in [3.8, 4) is 0 Å². The van der Waals surface area contributed by atoms with Crippen LogP contribution in [0.15, 0.2) is 43.1 Å². The summed E-state index contributed by atoms with van der Waals surface area (Å²) in [5.41, 5.74) is 0.941. The Balaban J connectivity index is 2.58. The summed E-state index contributed by atoms with van der Waals surface area (Å²) < 4.78 is 0. The first-order valence-electron chi connectivity index (χ1n) is 4.30. The van der Waals surface area contributed by atoms with Crippen molar-refractivity contribution >= 4 is 0 Å². The third-order valence-electron chi connectivity index (χ3n) is 1.96. The molecule has 0 aliphatic rings. The van der Waals surface area contributed by atoms with Gasteiger partial charge in [-0.05, 0) is 11.8 Å². The summed E-state index contributed by atoms with van der Waals surface area (Å²) in [4.78, 5) is 1.86. The van der Waals surface area contributed by atoms with Gasteiger partial charge in [-0.25, -0.2) is 0 Å². The number of aliphatic hydroxyl groups excluding tert-OH is 1. The van der Waals surface area contributed by atoms with E-state index in [1.165, 1.54) is 0 Å². The predicted octanol–water partition coefficient (Wildman–Crippen LogP) is 1.80. The normalized spacial score (nSPS) is 12.2. The van der Waals surface area contributed by atoms with Crippen LogP contribution in [0.25, 0.3) is 0 Å². The minimum atomic E-state index is -0.441. The van der Waals surface area contributed by atoms with Gasteiger partial charge in [0.25, 0.3) is 0 Å². The van der Waals surface area contributed by atoms with Gasteiger partial charge in [-0.2, -0.15) is 0 Å². The van der Waals surface area contributed by atoms with Crippen molar-refractivity contribution < 1.29 is 5.11 Å². The molecule has 0 fully saturated rings. The van der Waals surface area contributed by atoms with Crippen molar-refractivity contribution in [3.63, 3.8) is 0 Å². The molecule has 1 N–H and O–H groups in total. The zero-order chi connectivity index (χ0) is 9.68. The van der Waals surface area contributed by atoms with Crippen LogP contribution in [0.1, 0.15) is 11.7 Å². The first-order valence-corrected chi connectivity index (χ1v) is 4.30. The molecule has 0 bridgehead atoms. The largest absolute Gasteiger partial charge is 0.387 e. The fourth-order valence-corrected chi connectivity index (χ4v) is 1.13. The molecule has 70 valence electrons. The van der Waals surface area contributed by atoms with Crippen molar-refractivity contribution in [2.45, 2.75) is 6.10 Å². The van der Waals surface area contributed by atoms with Gasteiger partial charge in [0.2, 0.25) is 0 Å². The number of likely N-dealkylation sites (N-methyl/N-ethyl adjacent to an activating group) is 1. The van der Waals surface area contributed by atoms with Crippen LogP contribution in [0.5, 0.6) is 0 Å². The molecule has 1 atom stereocenters. The highest BCUT2D eigenvalue weighted by atomic mass is 16.3. The Morgan fingerprint density at radius 3 is 2.62 bits per heavy atom. The van der Waals surface area contributed by atoms with Gasteiger partial charge >= 0.3 is 0 Å². The highest BCUT2D eigenvalue weighted by molar-refractivity contribution is 5.17. The Labute approximate surface area is 79.1 Å². The smallest absolute Gasteiger partial charge is 0.0964 e. The molecule has 0 saturated carbocycles. The molecule has 0 spiro atoms. The van der Waals surface area contributed by atoms with Gasteiger partial charge in [0.05, 0.1) is 6.10 Å². The van der Waals surface area contributed by atoms with Crippen LogP contribution in [-0.4, -0.2) is 23.6 Å². The lowest BCUT2D eigenvalue weighted by Crippen LogP contribution is -2.18. The van der Waals surface area contributed by atoms with Crippen LogP contribution in [0.2, 0.25) is 0 Å². The number of nitrogens with zero attached hydrogens (tertiary/aromatic N) is 1. The van der Waals surface area contributed by atoms with E-state index in [-0.39, 0.29) is 0 Å². The zero-order valence-corrected chi connectivity index (χ0v) is 7.85. The van der Waals surface area contributed by atoms with Gasteiger partial charge < -0.3 is 10.0 Å². The molecule has 2 heteroatoms. The van der Waals surface area contributed by atoms with Crippen LogP contribution >= 0.6 is 0 Å². The second-order valence-electron chi connectivity index (χ2n) is 3.05. The molecule has 13 heavy (non-hydrogen) atoms. The monoisotopic (exact) mass is 177 g/mol. The van der Waals surface area contributed by atoms with Crippen LogP contribution < -0.4 is 0 Å². The van der Waals surface area contributed by atoms with Gasteiger partial charge in [0.1, 0.15) is 0 Å². The van der Waals surface area contributed by atoms with Crippen LogP contribution in [0.3, 0.4) is 0 Å². The highest BCUT2D eigenvalue weighted by Gasteiger charge is 2.06. The average molecular weight is 177 g/mol. The van der Waals surface area contributed by atoms with Crippen molar-refractivity contribution in [2.75, 3.05) is 13.6 Å². The SMILES string of the molecule is C=CN(C)CC(O)c1ccccc1. The lowest BCUT2D eigenvalue weighted by Gasteiger charge is -2.18. The molecule has 1 aromatic carbocycles. The summed E-state index contributed by atoms with van der Waals surface area (Å²) in [5, 5.41) is 9.73. The maximum Gasteiger partial charge on any atom is 0.0964 e. The third-order valence-corrected chi connectivity index (χ3v) is 1.96. The second-order valence-corrected chi connectivity index (χ2v) is 3.05. The Kier molecular flexibility index (Phi) is 3.53. The molecule has 1 rings (SSSR count). The van der Waals surface area contributed by atoms with Gasteiger partial charge in [0, 0.05) is 13.6 Å². The summed E-state index contributed by atoms with van der Waals surface area (Å²) >= 11 is 0. The summed E-state index contributed by atoms with van der Waals surface area (Å²) in [7, 11) is 1.89. The van der Waals surface area contributed by atoms with E-state index in [9.17, 15) is 5.11 Å². The van der Waals surface area contributed by atoms with E-state index < -0.39 is 6.10 Å². The lowest BCUT2D eigenvalue weighted by molar-refractivity contribution is 0.145. The Hall–Kier alpha value is -1.28. The van der Waals surface area contributed by atoms with E-state index in [4.69, 9.17) is 0 Å². The minimum absolute atomic E-state index is 0.441. The minimum Gasteiger partial charge on any atom is -0.387 e. The van der Waals surface area contributed by atoms with Gasteiger partial charge in [0.15, 0.2) is 0 Å². The lowest BCUT2D eigenvalue weighted by atomic mass is 10.1. The van der Waals surface area contributed by atoms with Crippen molar-refractivity contribution in [1.82, 2.24) is 4.90 Å². The number of aliphatic hydroxyl groups is 1. The standard InChI is InChI=1S/C11H15NO/c1-3-12(2)9-11(13)10-7-5-4-6-8-10/h3-8,11,13H,1,9H2,2H3. The molecule has 1 unspecified atom stereocenters. The number of hydrogen-bond donors (Lipinski definition) is 1. The Morgan fingerprint density at radius 1 is 1.46 bits per heavy atom. The zero-order valence-electron chi connectivity index (χ0n) is 7.85. The highest BCUT2D eigenvalue weighted by Crippen LogP contribution is 2.12. The van der Waals surface area contributed by atoms with Crippen LogP contribution in [0, 0.1) is 0 Å². The first kappa shape index (κ1) is 9.81. The summed E-state index contributed by atoms with van der Waals surface area (Å²) in [6, 6.07) is 9.62. The quantitative estimate of drug-likeness (QED) is 0.758. The Bertz CT molecular complexity index is 258. The van der Waals surface area contributed by atoms with Gasteiger partial charge in [-0.3, -0.25) is 0 Å². The first-order chi connectivity index (χ1) is 6.24. The molecule has 0 saturated heterocycles. The van der Waals surface area contributed by atoms with Crippen molar-refractivity contribution in [3.05, 3.63) is 48.7 Å². The van der Waals surface area contributed by atoms with Crippen LogP contribution in [-0.2, 0) is 0 Å². The second kappa shape index (κ2) is 4.67. The molecule has 0 aliphatic heterocycles. The van der Waals surface area contributed by atoms with E-state index in [2.05, 4.69) is 6.58 Å². The van der Waals surface area contributed by atoms with E-state index in [1.54, 1.807) is 6.20 Å². The topological polar surface area (TPSA) is 23.5 Å². The molecule has 0 heterocycles. The maximum absolute atomic E-state index is 9.73. The summed E-state index contributed by atoms with van der Waals surface area (Å²) in [6.07, 6.45) is 1.26. The number of benzene rings is 1. The molecular formula is C11H15NO. The van der Waals surface area contributed by atoms with E-state index in [1.807, 2.05) is 42.3 Å². The molecule has 0 aromatic heterocycles. The summed E-state index contributed by atoms with van der Waals surface area (Å²) in [6.45, 7) is 4.20. The third kappa shape index (κ3) is 2.92.